The molecule has 114 valence electrons. The van der Waals surface area contributed by atoms with E-state index in [4.69, 9.17) is 0 Å². The lowest BCUT2D eigenvalue weighted by atomic mass is 10.1. The average Bonchev–Trinajstić information content (AvgIpc) is 3.00. The molecule has 0 aliphatic heterocycles. The summed E-state index contributed by atoms with van der Waals surface area (Å²) in [6.07, 6.45) is 0. The summed E-state index contributed by atoms with van der Waals surface area (Å²) >= 11 is 6.48. The molecule has 3 aromatic rings. The molecule has 0 atom stereocenters. The van der Waals surface area contributed by atoms with Crippen LogP contribution in [0.25, 0.3) is 10.2 Å². The van der Waals surface area contributed by atoms with Crippen molar-refractivity contribution in [3.8, 4) is 0 Å². The number of aryl methyl sites for hydroxylation is 3. The third-order valence-electron chi connectivity index (χ3n) is 3.34. The number of thiophene rings is 2. The lowest BCUT2D eigenvalue weighted by Crippen LogP contribution is -2.21. The van der Waals surface area contributed by atoms with Gasteiger partial charge in [-0.3, -0.25) is 4.79 Å². The normalized spacial score (nSPS) is 11.1. The van der Waals surface area contributed by atoms with Crippen LogP contribution in [0.2, 0.25) is 0 Å². The van der Waals surface area contributed by atoms with Crippen LogP contribution >= 0.6 is 38.6 Å². The maximum atomic E-state index is 12.5. The third-order valence-corrected chi connectivity index (χ3v) is 6.15. The zero-order valence-electron chi connectivity index (χ0n) is 12.4. The number of hydrogen-bond donors (Lipinski definition) is 1. The number of amides is 1. The van der Waals surface area contributed by atoms with Crippen molar-refractivity contribution in [2.75, 3.05) is 0 Å². The van der Waals surface area contributed by atoms with Gasteiger partial charge in [-0.05, 0) is 54.4 Å². The van der Waals surface area contributed by atoms with Crippen molar-refractivity contribution < 1.29 is 4.79 Å². The van der Waals surface area contributed by atoms with Crippen LogP contribution in [0, 0.1) is 20.8 Å². The van der Waals surface area contributed by atoms with Gasteiger partial charge >= 0.3 is 0 Å². The van der Waals surface area contributed by atoms with E-state index in [-0.39, 0.29) is 5.91 Å². The summed E-state index contributed by atoms with van der Waals surface area (Å²) in [6, 6.07) is 3.99. The van der Waals surface area contributed by atoms with Crippen molar-refractivity contribution in [1.29, 1.82) is 0 Å². The maximum absolute atomic E-state index is 12.5. The quantitative estimate of drug-likeness (QED) is 0.715. The highest BCUT2D eigenvalue weighted by Crippen LogP contribution is 2.31. The summed E-state index contributed by atoms with van der Waals surface area (Å²) in [5, 5.41) is 3.98. The van der Waals surface area contributed by atoms with Crippen LogP contribution < -0.4 is 5.32 Å². The van der Waals surface area contributed by atoms with Gasteiger partial charge in [0.1, 0.15) is 10.7 Å². The fraction of sp³-hybridized carbons (Fsp3) is 0.267. The second kappa shape index (κ2) is 6.06. The van der Waals surface area contributed by atoms with E-state index < -0.39 is 0 Å². The molecule has 0 bridgehead atoms. The standard InChI is InChI=1S/C15H14BrN3OS2/c1-7-12-8(2)18-9(3)19-15(12)22-13(7)14(20)17-6-10-4-5-11(16)21-10/h4-5H,6H2,1-3H3,(H,17,20). The Balaban J connectivity index is 1.87. The Hall–Kier alpha value is -1.31. The summed E-state index contributed by atoms with van der Waals surface area (Å²) in [6.45, 7) is 6.32. The molecule has 7 heteroatoms. The molecular weight excluding hydrogens is 382 g/mol. The van der Waals surface area contributed by atoms with Gasteiger partial charge in [0.2, 0.25) is 0 Å². The molecule has 0 saturated heterocycles. The molecule has 0 radical (unpaired) electrons. The Morgan fingerprint density at radius 2 is 2.00 bits per heavy atom. The lowest BCUT2D eigenvalue weighted by molar-refractivity contribution is 0.0955. The van der Waals surface area contributed by atoms with Crippen LogP contribution in [-0.4, -0.2) is 15.9 Å². The predicted molar refractivity (Wildman–Crippen MR) is 94.8 cm³/mol. The van der Waals surface area contributed by atoms with E-state index in [1.165, 1.54) is 11.3 Å². The molecule has 0 fully saturated rings. The molecule has 1 amide bonds. The third kappa shape index (κ3) is 2.93. The first-order valence-corrected chi connectivity index (χ1v) is 9.15. The Bertz CT molecular complexity index is 869. The van der Waals surface area contributed by atoms with Crippen molar-refractivity contribution in [3.63, 3.8) is 0 Å². The van der Waals surface area contributed by atoms with Crippen molar-refractivity contribution in [2.45, 2.75) is 27.3 Å². The monoisotopic (exact) mass is 395 g/mol. The van der Waals surface area contributed by atoms with E-state index in [9.17, 15) is 4.79 Å². The molecule has 22 heavy (non-hydrogen) atoms. The van der Waals surface area contributed by atoms with E-state index in [2.05, 4.69) is 31.2 Å². The zero-order chi connectivity index (χ0) is 15.9. The van der Waals surface area contributed by atoms with Crippen molar-refractivity contribution in [3.05, 3.63) is 42.8 Å². The van der Waals surface area contributed by atoms with E-state index in [0.717, 1.165) is 36.0 Å². The molecule has 0 aliphatic carbocycles. The van der Waals surface area contributed by atoms with E-state index in [1.54, 1.807) is 11.3 Å². The smallest absolute Gasteiger partial charge is 0.262 e. The van der Waals surface area contributed by atoms with Gasteiger partial charge in [-0.15, -0.1) is 22.7 Å². The molecule has 0 aromatic carbocycles. The first-order valence-electron chi connectivity index (χ1n) is 6.72. The van der Waals surface area contributed by atoms with Crippen LogP contribution in [0.15, 0.2) is 15.9 Å². The average molecular weight is 396 g/mol. The summed E-state index contributed by atoms with van der Waals surface area (Å²) in [5.41, 5.74) is 1.89. The van der Waals surface area contributed by atoms with Gasteiger partial charge < -0.3 is 5.32 Å². The Morgan fingerprint density at radius 3 is 2.68 bits per heavy atom. The van der Waals surface area contributed by atoms with Crippen molar-refractivity contribution in [2.24, 2.45) is 0 Å². The van der Waals surface area contributed by atoms with E-state index in [1.807, 2.05) is 32.9 Å². The van der Waals surface area contributed by atoms with Crippen LogP contribution in [0.4, 0.5) is 0 Å². The number of nitrogens with one attached hydrogen (secondary N) is 1. The number of nitrogens with zero attached hydrogens (tertiary/aromatic N) is 2. The highest BCUT2D eigenvalue weighted by Gasteiger charge is 2.18. The summed E-state index contributed by atoms with van der Waals surface area (Å²) < 4.78 is 1.07. The Kier molecular flexibility index (Phi) is 4.29. The fourth-order valence-electron chi connectivity index (χ4n) is 2.38. The van der Waals surface area contributed by atoms with Gasteiger partial charge in [-0.2, -0.15) is 0 Å². The Labute approximate surface area is 144 Å². The fourth-order valence-corrected chi connectivity index (χ4v) is 5.00. The maximum Gasteiger partial charge on any atom is 0.262 e. The molecule has 3 aromatic heterocycles. The molecule has 0 saturated carbocycles. The SMILES string of the molecule is Cc1nc(C)c2c(C)c(C(=O)NCc3ccc(Br)s3)sc2n1. The van der Waals surface area contributed by atoms with Crippen LogP contribution in [-0.2, 0) is 6.54 Å². The minimum Gasteiger partial charge on any atom is -0.346 e. The van der Waals surface area contributed by atoms with Crippen LogP contribution in [0.1, 0.15) is 31.6 Å². The van der Waals surface area contributed by atoms with Gasteiger partial charge in [0.15, 0.2) is 0 Å². The molecule has 0 spiro atoms. The van der Waals surface area contributed by atoms with Gasteiger partial charge in [0.25, 0.3) is 5.91 Å². The highest BCUT2D eigenvalue weighted by molar-refractivity contribution is 9.11. The number of rotatable bonds is 3. The van der Waals surface area contributed by atoms with Crippen molar-refractivity contribution in [1.82, 2.24) is 15.3 Å². The number of halogens is 1. The molecule has 3 heterocycles. The van der Waals surface area contributed by atoms with Gasteiger partial charge in [-0.1, -0.05) is 0 Å². The van der Waals surface area contributed by atoms with Gasteiger partial charge in [0, 0.05) is 16.0 Å². The lowest BCUT2D eigenvalue weighted by Gasteiger charge is -2.02. The summed E-state index contributed by atoms with van der Waals surface area (Å²) in [4.78, 5) is 24.0. The molecule has 4 nitrogen and oxygen atoms in total. The predicted octanol–water partition coefficient (Wildman–Crippen LogP) is 4.37. The first kappa shape index (κ1) is 15.6. The number of carbonyl (C=O) groups excluding carboxylic acids is 1. The van der Waals surface area contributed by atoms with Gasteiger partial charge in [0.05, 0.1) is 15.2 Å². The second-order valence-electron chi connectivity index (χ2n) is 4.98. The number of hydrogen-bond acceptors (Lipinski definition) is 5. The largest absolute Gasteiger partial charge is 0.346 e. The molecule has 1 N–H and O–H groups in total. The van der Waals surface area contributed by atoms with E-state index >= 15 is 0 Å². The first-order chi connectivity index (χ1) is 10.5. The highest BCUT2D eigenvalue weighted by atomic mass is 79.9. The second-order valence-corrected chi connectivity index (χ2v) is 8.53. The van der Waals surface area contributed by atoms with Crippen molar-refractivity contribution >= 4 is 54.7 Å². The molecule has 0 aliphatic rings. The number of carbonyl (C=O) groups is 1. The topological polar surface area (TPSA) is 54.9 Å². The minimum absolute atomic E-state index is 0.0536. The van der Waals surface area contributed by atoms with Crippen LogP contribution in [0.5, 0.6) is 0 Å². The summed E-state index contributed by atoms with van der Waals surface area (Å²) in [5.74, 6) is 0.684. The zero-order valence-corrected chi connectivity index (χ0v) is 15.6. The number of aromatic nitrogens is 2. The Morgan fingerprint density at radius 1 is 1.23 bits per heavy atom. The molecular formula is C15H14BrN3OS2. The van der Waals surface area contributed by atoms with Crippen LogP contribution in [0.3, 0.4) is 0 Å². The van der Waals surface area contributed by atoms with Gasteiger partial charge in [-0.25, -0.2) is 9.97 Å². The number of fused-ring (bicyclic) bond motifs is 1. The summed E-state index contributed by atoms with van der Waals surface area (Å²) in [7, 11) is 0. The molecule has 0 unspecified atom stereocenters. The molecule has 3 rings (SSSR count). The minimum atomic E-state index is -0.0536. The van der Waals surface area contributed by atoms with E-state index in [0.29, 0.717) is 11.4 Å².